The van der Waals surface area contributed by atoms with Crippen LogP contribution in [0.15, 0.2) is 30.3 Å². The van der Waals surface area contributed by atoms with Crippen molar-refractivity contribution in [1.82, 2.24) is 4.90 Å². The van der Waals surface area contributed by atoms with Crippen LogP contribution in [-0.4, -0.2) is 24.0 Å². The molecule has 2 heteroatoms. The lowest BCUT2D eigenvalue weighted by Gasteiger charge is -2.42. The Hall–Kier alpha value is -1.33. The largest absolute Gasteiger partial charge is 0.299 e. The highest BCUT2D eigenvalue weighted by Crippen LogP contribution is 2.38. The molecule has 0 aromatic heterocycles. The van der Waals surface area contributed by atoms with E-state index in [1.54, 1.807) is 0 Å². The molecule has 20 heavy (non-hydrogen) atoms. The Bertz CT molecular complexity index is 456. The average molecular weight is 268 g/mol. The number of rotatable bonds is 2. The molecule has 106 valence electrons. The van der Waals surface area contributed by atoms with Crippen LogP contribution in [0.2, 0.25) is 0 Å². The van der Waals surface area contributed by atoms with Crippen LogP contribution in [0.1, 0.15) is 50.0 Å². The first-order valence-electron chi connectivity index (χ1n) is 8.07. The summed E-state index contributed by atoms with van der Waals surface area (Å²) in [5.41, 5.74) is 1.46. The van der Waals surface area contributed by atoms with E-state index in [1.165, 1.54) is 50.8 Å². The molecule has 3 unspecified atom stereocenters. The van der Waals surface area contributed by atoms with Crippen molar-refractivity contribution in [2.24, 2.45) is 5.92 Å². The molecule has 1 aromatic rings. The van der Waals surface area contributed by atoms with Gasteiger partial charge in [-0.1, -0.05) is 36.8 Å². The van der Waals surface area contributed by atoms with Gasteiger partial charge in [-0.25, -0.2) is 0 Å². The van der Waals surface area contributed by atoms with E-state index in [9.17, 15) is 5.26 Å². The molecule has 0 N–H and O–H groups in total. The molecule has 0 amide bonds. The first-order chi connectivity index (χ1) is 9.88. The fraction of sp³-hybridized carbons (Fsp3) is 0.611. The van der Waals surface area contributed by atoms with E-state index in [0.717, 1.165) is 6.42 Å². The second kappa shape index (κ2) is 6.41. The van der Waals surface area contributed by atoms with Crippen molar-refractivity contribution in [3.05, 3.63) is 35.9 Å². The maximum atomic E-state index is 9.47. The van der Waals surface area contributed by atoms with Gasteiger partial charge in [0.25, 0.3) is 0 Å². The lowest BCUT2D eigenvalue weighted by Crippen LogP contribution is -2.46. The van der Waals surface area contributed by atoms with Crippen molar-refractivity contribution in [2.45, 2.75) is 50.5 Å². The monoisotopic (exact) mass is 268 g/mol. The van der Waals surface area contributed by atoms with Crippen LogP contribution in [0, 0.1) is 17.2 Å². The quantitative estimate of drug-likeness (QED) is 0.812. The number of nitriles is 1. The topological polar surface area (TPSA) is 27.0 Å². The van der Waals surface area contributed by atoms with E-state index in [-0.39, 0.29) is 5.92 Å². The Kier molecular flexibility index (Phi) is 4.38. The maximum Gasteiger partial charge on any atom is 0.0672 e. The molecule has 2 nitrogen and oxygen atoms in total. The summed E-state index contributed by atoms with van der Waals surface area (Å²) in [5.74, 6) is 0.890. The number of piperidine rings is 1. The zero-order valence-electron chi connectivity index (χ0n) is 12.2. The summed E-state index contributed by atoms with van der Waals surface area (Å²) < 4.78 is 0. The summed E-state index contributed by atoms with van der Waals surface area (Å²) in [7, 11) is 0. The van der Waals surface area contributed by atoms with Gasteiger partial charge in [0.2, 0.25) is 0 Å². The Morgan fingerprint density at radius 2 is 1.75 bits per heavy atom. The molecule has 1 saturated heterocycles. The smallest absolute Gasteiger partial charge is 0.0672 e. The van der Waals surface area contributed by atoms with Crippen LogP contribution in [-0.2, 0) is 0 Å². The molecule has 2 fully saturated rings. The van der Waals surface area contributed by atoms with E-state index in [2.05, 4.69) is 41.3 Å². The third-order valence-corrected chi connectivity index (χ3v) is 5.11. The van der Waals surface area contributed by atoms with Gasteiger partial charge in [0, 0.05) is 6.04 Å². The van der Waals surface area contributed by atoms with Crippen molar-refractivity contribution in [1.29, 1.82) is 5.26 Å². The summed E-state index contributed by atoms with van der Waals surface area (Å²) >= 11 is 0. The minimum atomic E-state index is 0.244. The third kappa shape index (κ3) is 2.88. The Balaban J connectivity index is 1.74. The summed E-state index contributed by atoms with van der Waals surface area (Å²) in [6, 6.07) is 13.9. The minimum absolute atomic E-state index is 0.244. The summed E-state index contributed by atoms with van der Waals surface area (Å²) in [5, 5.41) is 9.47. The van der Waals surface area contributed by atoms with Crippen molar-refractivity contribution in [3.63, 3.8) is 0 Å². The predicted octanol–water partition coefficient (Wildman–Crippen LogP) is 3.95. The SMILES string of the molecule is N#CC1CCC(c2ccccc2)CC1N1CCCCC1. The molecule has 0 bridgehead atoms. The van der Waals surface area contributed by atoms with E-state index in [4.69, 9.17) is 0 Å². The number of benzene rings is 1. The molecule has 1 saturated carbocycles. The highest BCUT2D eigenvalue weighted by molar-refractivity contribution is 5.21. The Morgan fingerprint density at radius 3 is 2.45 bits per heavy atom. The van der Waals surface area contributed by atoms with Crippen molar-refractivity contribution >= 4 is 0 Å². The van der Waals surface area contributed by atoms with Crippen molar-refractivity contribution < 1.29 is 0 Å². The summed E-state index contributed by atoms with van der Waals surface area (Å²) in [6.07, 6.45) is 7.39. The van der Waals surface area contributed by atoms with Gasteiger partial charge < -0.3 is 0 Å². The van der Waals surface area contributed by atoms with E-state index in [1.807, 2.05) is 0 Å². The van der Waals surface area contributed by atoms with Gasteiger partial charge in [0.15, 0.2) is 0 Å². The Labute approximate surface area is 122 Å². The highest BCUT2D eigenvalue weighted by Gasteiger charge is 2.35. The van der Waals surface area contributed by atoms with Crippen LogP contribution >= 0.6 is 0 Å². The van der Waals surface area contributed by atoms with Gasteiger partial charge in [0.1, 0.15) is 0 Å². The van der Waals surface area contributed by atoms with E-state index < -0.39 is 0 Å². The van der Waals surface area contributed by atoms with Crippen LogP contribution in [0.3, 0.4) is 0 Å². The van der Waals surface area contributed by atoms with Gasteiger partial charge in [0.05, 0.1) is 12.0 Å². The lowest BCUT2D eigenvalue weighted by molar-refractivity contribution is 0.0973. The first-order valence-corrected chi connectivity index (χ1v) is 8.07. The summed E-state index contributed by atoms with van der Waals surface area (Å²) in [6.45, 7) is 2.40. The second-order valence-electron chi connectivity index (χ2n) is 6.32. The Morgan fingerprint density at radius 1 is 1.00 bits per heavy atom. The molecule has 3 rings (SSSR count). The maximum absolute atomic E-state index is 9.47. The van der Waals surface area contributed by atoms with Crippen LogP contribution in [0.25, 0.3) is 0 Å². The van der Waals surface area contributed by atoms with Gasteiger partial charge in [-0.05, 0) is 56.7 Å². The van der Waals surface area contributed by atoms with Crippen LogP contribution in [0.4, 0.5) is 0 Å². The van der Waals surface area contributed by atoms with Crippen molar-refractivity contribution in [2.75, 3.05) is 13.1 Å². The first kappa shape index (κ1) is 13.6. The molecule has 1 aromatic carbocycles. The molecule has 1 aliphatic heterocycles. The standard InChI is InChI=1S/C18H24N2/c19-14-17-10-9-16(15-7-3-1-4-8-15)13-18(17)20-11-5-2-6-12-20/h1,3-4,7-8,16-18H,2,5-6,9-13H2. The number of nitrogens with zero attached hydrogens (tertiary/aromatic N) is 2. The molecular weight excluding hydrogens is 244 g/mol. The zero-order chi connectivity index (χ0) is 13.8. The molecule has 0 spiro atoms. The molecule has 3 atom stereocenters. The van der Waals surface area contributed by atoms with Gasteiger partial charge >= 0.3 is 0 Å². The zero-order valence-corrected chi connectivity index (χ0v) is 12.2. The minimum Gasteiger partial charge on any atom is -0.299 e. The number of hydrogen-bond acceptors (Lipinski definition) is 2. The fourth-order valence-electron chi connectivity index (χ4n) is 3.98. The van der Waals surface area contributed by atoms with Crippen LogP contribution in [0.5, 0.6) is 0 Å². The van der Waals surface area contributed by atoms with E-state index >= 15 is 0 Å². The van der Waals surface area contributed by atoms with E-state index in [0.29, 0.717) is 12.0 Å². The number of hydrogen-bond donors (Lipinski definition) is 0. The third-order valence-electron chi connectivity index (χ3n) is 5.11. The summed E-state index contributed by atoms with van der Waals surface area (Å²) in [4.78, 5) is 2.60. The molecule has 1 aliphatic carbocycles. The molecule has 1 heterocycles. The normalized spacial score (nSPS) is 31.6. The average Bonchev–Trinajstić information content (AvgIpc) is 2.56. The predicted molar refractivity (Wildman–Crippen MR) is 81.3 cm³/mol. The van der Waals surface area contributed by atoms with Gasteiger partial charge in [-0.15, -0.1) is 0 Å². The number of likely N-dealkylation sites (tertiary alicyclic amines) is 1. The molecular formula is C18H24N2. The molecule has 0 radical (unpaired) electrons. The van der Waals surface area contributed by atoms with Crippen molar-refractivity contribution in [3.8, 4) is 6.07 Å². The van der Waals surface area contributed by atoms with Crippen LogP contribution < -0.4 is 0 Å². The molecule has 2 aliphatic rings. The second-order valence-corrected chi connectivity index (χ2v) is 6.32. The lowest BCUT2D eigenvalue weighted by atomic mass is 9.75. The highest BCUT2D eigenvalue weighted by atomic mass is 15.2. The van der Waals surface area contributed by atoms with Gasteiger partial charge in [-0.2, -0.15) is 5.26 Å². The fourth-order valence-corrected chi connectivity index (χ4v) is 3.98. The van der Waals surface area contributed by atoms with Gasteiger partial charge in [-0.3, -0.25) is 4.90 Å².